The second-order valence-corrected chi connectivity index (χ2v) is 5.82. The lowest BCUT2D eigenvalue weighted by atomic mass is 10.2. The molecule has 0 bridgehead atoms. The van der Waals surface area contributed by atoms with Crippen LogP contribution in [0.3, 0.4) is 0 Å². The van der Waals surface area contributed by atoms with Gasteiger partial charge in [0.05, 0.1) is 18.7 Å². The molecule has 1 amide bonds. The van der Waals surface area contributed by atoms with Crippen LogP contribution in [-0.4, -0.2) is 35.2 Å². The smallest absolute Gasteiger partial charge is 0.261 e. The summed E-state index contributed by atoms with van der Waals surface area (Å²) in [6.07, 6.45) is 4.10. The summed E-state index contributed by atoms with van der Waals surface area (Å²) < 4.78 is 11.1. The van der Waals surface area contributed by atoms with E-state index in [4.69, 9.17) is 9.47 Å². The van der Waals surface area contributed by atoms with Gasteiger partial charge in [-0.1, -0.05) is 6.07 Å². The second-order valence-electron chi connectivity index (χ2n) is 5.82. The lowest BCUT2D eigenvalue weighted by Crippen LogP contribution is -2.20. The molecule has 2 aromatic heterocycles. The van der Waals surface area contributed by atoms with Crippen LogP contribution >= 0.6 is 0 Å². The van der Waals surface area contributed by atoms with E-state index in [1.807, 2.05) is 30.3 Å². The Bertz CT molecular complexity index is 907. The van der Waals surface area contributed by atoms with Gasteiger partial charge in [-0.05, 0) is 36.4 Å². The van der Waals surface area contributed by atoms with Crippen molar-refractivity contribution in [3.05, 3.63) is 60.4 Å². The summed E-state index contributed by atoms with van der Waals surface area (Å²) in [5, 5.41) is 3.86. The number of nitrogens with one attached hydrogen (secondary N) is 1. The normalized spacial score (nSPS) is 16.7. The summed E-state index contributed by atoms with van der Waals surface area (Å²) in [6, 6.07) is 12.8. The van der Waals surface area contributed by atoms with Crippen LogP contribution in [0.25, 0.3) is 10.9 Å². The Kier molecular flexibility index (Phi) is 4.26. The summed E-state index contributed by atoms with van der Waals surface area (Å²) in [7, 11) is 0. The molecule has 1 aliphatic rings. The standard InChI is InChI=1S/C19H17N3O3/c23-18(22-14-5-6-17-13(11-14)3-1-8-20-17)16-4-2-9-21-19(16)25-15-7-10-24-12-15/h1-6,8-9,11,15H,7,10,12H2,(H,22,23). The Morgan fingerprint density at radius 2 is 2.04 bits per heavy atom. The number of carbonyl (C=O) groups is 1. The second kappa shape index (κ2) is 6.86. The zero-order valence-corrected chi connectivity index (χ0v) is 13.5. The van der Waals surface area contributed by atoms with Crippen molar-refractivity contribution in [2.75, 3.05) is 18.5 Å². The Morgan fingerprint density at radius 1 is 1.16 bits per heavy atom. The van der Waals surface area contributed by atoms with Gasteiger partial charge in [-0.15, -0.1) is 0 Å². The Balaban J connectivity index is 1.55. The minimum absolute atomic E-state index is 0.0619. The predicted octanol–water partition coefficient (Wildman–Crippen LogP) is 3.05. The number of amides is 1. The van der Waals surface area contributed by atoms with Gasteiger partial charge in [0.2, 0.25) is 5.88 Å². The van der Waals surface area contributed by atoms with Gasteiger partial charge in [-0.3, -0.25) is 9.78 Å². The van der Waals surface area contributed by atoms with Crippen molar-refractivity contribution < 1.29 is 14.3 Å². The van der Waals surface area contributed by atoms with Crippen molar-refractivity contribution in [1.82, 2.24) is 9.97 Å². The highest BCUT2D eigenvalue weighted by molar-refractivity contribution is 6.06. The number of nitrogens with zero attached hydrogens (tertiary/aromatic N) is 2. The first kappa shape index (κ1) is 15.5. The number of benzene rings is 1. The first-order chi connectivity index (χ1) is 12.3. The van der Waals surface area contributed by atoms with Crippen LogP contribution in [0.5, 0.6) is 5.88 Å². The van der Waals surface area contributed by atoms with E-state index in [-0.39, 0.29) is 12.0 Å². The van der Waals surface area contributed by atoms with Crippen LogP contribution in [0.1, 0.15) is 16.8 Å². The third kappa shape index (κ3) is 3.44. The third-order valence-corrected chi connectivity index (χ3v) is 4.04. The van der Waals surface area contributed by atoms with Crippen LogP contribution < -0.4 is 10.1 Å². The van der Waals surface area contributed by atoms with Gasteiger partial charge in [0, 0.05) is 29.9 Å². The number of ether oxygens (including phenoxy) is 2. The molecule has 1 N–H and O–H groups in total. The summed E-state index contributed by atoms with van der Waals surface area (Å²) >= 11 is 0. The molecule has 1 saturated heterocycles. The van der Waals surface area contributed by atoms with E-state index in [0.717, 1.165) is 17.3 Å². The molecule has 3 aromatic rings. The van der Waals surface area contributed by atoms with Crippen molar-refractivity contribution in [2.24, 2.45) is 0 Å². The van der Waals surface area contributed by atoms with Crippen molar-refractivity contribution in [2.45, 2.75) is 12.5 Å². The molecule has 0 radical (unpaired) electrons. The molecule has 1 unspecified atom stereocenters. The zero-order chi connectivity index (χ0) is 17.1. The Labute approximate surface area is 144 Å². The van der Waals surface area contributed by atoms with E-state index < -0.39 is 0 Å². The van der Waals surface area contributed by atoms with E-state index >= 15 is 0 Å². The van der Waals surface area contributed by atoms with Crippen LogP contribution in [0.4, 0.5) is 5.69 Å². The molecule has 0 saturated carbocycles. The van der Waals surface area contributed by atoms with Crippen molar-refractivity contribution in [3.63, 3.8) is 0 Å². The highest BCUT2D eigenvalue weighted by atomic mass is 16.5. The number of fused-ring (bicyclic) bond motifs is 1. The van der Waals surface area contributed by atoms with E-state index in [0.29, 0.717) is 30.3 Å². The predicted molar refractivity (Wildman–Crippen MR) is 93.8 cm³/mol. The first-order valence-electron chi connectivity index (χ1n) is 8.15. The van der Waals surface area contributed by atoms with Gasteiger partial charge >= 0.3 is 0 Å². The topological polar surface area (TPSA) is 73.3 Å². The van der Waals surface area contributed by atoms with E-state index in [2.05, 4.69) is 15.3 Å². The number of anilines is 1. The SMILES string of the molecule is O=C(Nc1ccc2ncccc2c1)c1cccnc1OC1CCOC1. The summed E-state index contributed by atoms with van der Waals surface area (Å²) in [4.78, 5) is 21.1. The molecule has 0 spiro atoms. The maximum Gasteiger partial charge on any atom is 0.261 e. The number of pyridine rings is 2. The molecule has 6 nitrogen and oxygen atoms in total. The number of hydrogen-bond donors (Lipinski definition) is 1. The molecule has 1 atom stereocenters. The maximum atomic E-state index is 12.7. The van der Waals surface area contributed by atoms with Crippen LogP contribution in [0.2, 0.25) is 0 Å². The van der Waals surface area contributed by atoms with Crippen LogP contribution in [0.15, 0.2) is 54.9 Å². The molecule has 1 aliphatic heterocycles. The van der Waals surface area contributed by atoms with Gasteiger partial charge in [-0.2, -0.15) is 0 Å². The molecule has 1 fully saturated rings. The summed E-state index contributed by atoms with van der Waals surface area (Å²) in [5.74, 6) is 0.0724. The molecule has 3 heterocycles. The zero-order valence-electron chi connectivity index (χ0n) is 13.5. The quantitative estimate of drug-likeness (QED) is 0.793. The largest absolute Gasteiger partial charge is 0.471 e. The number of hydrogen-bond acceptors (Lipinski definition) is 5. The fourth-order valence-corrected chi connectivity index (χ4v) is 2.77. The minimum atomic E-state index is -0.259. The minimum Gasteiger partial charge on any atom is -0.471 e. The average molecular weight is 335 g/mol. The Morgan fingerprint density at radius 3 is 2.92 bits per heavy atom. The third-order valence-electron chi connectivity index (χ3n) is 4.04. The Hall–Kier alpha value is -2.99. The monoisotopic (exact) mass is 335 g/mol. The van der Waals surface area contributed by atoms with E-state index in [9.17, 15) is 4.79 Å². The molecule has 25 heavy (non-hydrogen) atoms. The van der Waals surface area contributed by atoms with Gasteiger partial charge in [-0.25, -0.2) is 4.98 Å². The number of aromatic nitrogens is 2. The van der Waals surface area contributed by atoms with Gasteiger partial charge in [0.25, 0.3) is 5.91 Å². The average Bonchev–Trinajstić information content (AvgIpc) is 3.15. The molecule has 6 heteroatoms. The van der Waals surface area contributed by atoms with Crippen molar-refractivity contribution in [1.29, 1.82) is 0 Å². The molecule has 0 aliphatic carbocycles. The summed E-state index contributed by atoms with van der Waals surface area (Å²) in [6.45, 7) is 1.19. The lowest BCUT2D eigenvalue weighted by Gasteiger charge is -2.14. The fraction of sp³-hybridized carbons (Fsp3) is 0.211. The van der Waals surface area contributed by atoms with Crippen molar-refractivity contribution >= 4 is 22.5 Å². The number of carbonyl (C=O) groups excluding carboxylic acids is 1. The molecule has 1 aromatic carbocycles. The number of rotatable bonds is 4. The van der Waals surface area contributed by atoms with Crippen molar-refractivity contribution in [3.8, 4) is 5.88 Å². The molecule has 4 rings (SSSR count). The van der Waals surface area contributed by atoms with E-state index in [1.165, 1.54) is 0 Å². The highest BCUT2D eigenvalue weighted by Gasteiger charge is 2.21. The van der Waals surface area contributed by atoms with E-state index in [1.54, 1.807) is 24.5 Å². The highest BCUT2D eigenvalue weighted by Crippen LogP contribution is 2.22. The van der Waals surface area contributed by atoms with Gasteiger partial charge < -0.3 is 14.8 Å². The maximum absolute atomic E-state index is 12.7. The van der Waals surface area contributed by atoms with Crippen LogP contribution in [-0.2, 0) is 4.74 Å². The first-order valence-corrected chi connectivity index (χ1v) is 8.15. The van der Waals surface area contributed by atoms with Gasteiger partial charge in [0.1, 0.15) is 11.7 Å². The molecular formula is C19H17N3O3. The lowest BCUT2D eigenvalue weighted by molar-refractivity contribution is 0.101. The molecule has 126 valence electrons. The summed E-state index contributed by atoms with van der Waals surface area (Å²) in [5.41, 5.74) is 1.98. The van der Waals surface area contributed by atoms with Gasteiger partial charge in [0.15, 0.2) is 0 Å². The fourth-order valence-electron chi connectivity index (χ4n) is 2.77. The molecular weight excluding hydrogens is 318 g/mol. The van der Waals surface area contributed by atoms with Crippen LogP contribution in [0, 0.1) is 0 Å².